The molecule has 1 heterocycles. The van der Waals surface area contributed by atoms with Crippen molar-refractivity contribution in [2.45, 2.75) is 57.8 Å². The molecule has 5 heteroatoms. The summed E-state index contributed by atoms with van der Waals surface area (Å²) in [5.74, 6) is 0. The Hall–Kier alpha value is -0.810. The van der Waals surface area contributed by atoms with Gasteiger partial charge in [-0.15, -0.1) is 0 Å². The predicted molar refractivity (Wildman–Crippen MR) is 63.7 cm³/mol. The van der Waals surface area contributed by atoms with E-state index in [1.165, 1.54) is 4.90 Å². The highest BCUT2D eigenvalue weighted by Crippen LogP contribution is 2.22. The molecule has 1 aliphatic heterocycles. The highest BCUT2D eigenvalue weighted by atomic mass is 16.6. The van der Waals surface area contributed by atoms with E-state index in [0.717, 1.165) is 12.8 Å². The molecule has 0 saturated carbocycles. The van der Waals surface area contributed by atoms with Gasteiger partial charge in [0.25, 0.3) is 0 Å². The molecule has 1 aliphatic rings. The summed E-state index contributed by atoms with van der Waals surface area (Å²) in [6.07, 6.45) is 1.29. The van der Waals surface area contributed by atoms with Gasteiger partial charge in [0.05, 0.1) is 18.8 Å². The van der Waals surface area contributed by atoms with Crippen molar-refractivity contribution < 1.29 is 19.7 Å². The van der Waals surface area contributed by atoms with Crippen molar-refractivity contribution >= 4 is 6.09 Å². The van der Waals surface area contributed by atoms with Gasteiger partial charge in [0.15, 0.2) is 0 Å². The van der Waals surface area contributed by atoms with Crippen molar-refractivity contribution in [1.29, 1.82) is 0 Å². The van der Waals surface area contributed by atoms with Crippen molar-refractivity contribution in [3.8, 4) is 0 Å². The second-order valence-corrected chi connectivity index (χ2v) is 5.49. The first-order valence-corrected chi connectivity index (χ1v) is 6.13. The van der Waals surface area contributed by atoms with Crippen LogP contribution in [0.3, 0.4) is 0 Å². The van der Waals surface area contributed by atoms with Gasteiger partial charge in [-0.05, 0) is 40.0 Å². The predicted octanol–water partition coefficient (Wildman–Crippen LogP) is 1.13. The molecule has 1 rings (SSSR count). The second kappa shape index (κ2) is 5.69. The van der Waals surface area contributed by atoms with Crippen LogP contribution >= 0.6 is 0 Å². The van der Waals surface area contributed by atoms with Gasteiger partial charge < -0.3 is 19.8 Å². The van der Waals surface area contributed by atoms with Gasteiger partial charge in [-0.1, -0.05) is 0 Å². The van der Waals surface area contributed by atoms with Crippen LogP contribution in [0.2, 0.25) is 0 Å². The molecule has 1 amide bonds. The third-order valence-corrected chi connectivity index (χ3v) is 2.81. The molecular formula is C12H23NO4. The van der Waals surface area contributed by atoms with Gasteiger partial charge >= 0.3 is 6.09 Å². The maximum Gasteiger partial charge on any atom is 0.410 e. The molecule has 100 valence electrons. The minimum atomic E-state index is -0.886. The summed E-state index contributed by atoms with van der Waals surface area (Å²) in [4.78, 5) is 13.5. The lowest BCUT2D eigenvalue weighted by Gasteiger charge is -2.38. The van der Waals surface area contributed by atoms with E-state index < -0.39 is 17.8 Å². The van der Waals surface area contributed by atoms with E-state index in [2.05, 4.69) is 0 Å². The number of likely N-dealkylation sites (tertiary alicyclic amines) is 1. The van der Waals surface area contributed by atoms with E-state index in [1.807, 2.05) is 20.8 Å². The number of hydrogen-bond donors (Lipinski definition) is 2. The number of amides is 1. The SMILES string of the molecule is CC(C)(C)OC(=O)N1CCCC[C@@H]1C(O)CO. The summed E-state index contributed by atoms with van der Waals surface area (Å²) in [6, 6.07) is -0.330. The average molecular weight is 245 g/mol. The zero-order valence-corrected chi connectivity index (χ0v) is 10.8. The van der Waals surface area contributed by atoms with Gasteiger partial charge in [0.2, 0.25) is 0 Å². The Morgan fingerprint density at radius 2 is 2.12 bits per heavy atom. The number of nitrogens with zero attached hydrogens (tertiary/aromatic N) is 1. The Bertz CT molecular complexity index is 262. The lowest BCUT2D eigenvalue weighted by Crippen LogP contribution is -2.52. The average Bonchev–Trinajstić information content (AvgIpc) is 2.25. The molecule has 0 aromatic carbocycles. The molecule has 1 unspecified atom stereocenters. The van der Waals surface area contributed by atoms with Crippen molar-refractivity contribution in [3.63, 3.8) is 0 Å². The number of piperidine rings is 1. The minimum Gasteiger partial charge on any atom is -0.444 e. The monoisotopic (exact) mass is 245 g/mol. The zero-order valence-electron chi connectivity index (χ0n) is 10.8. The number of aliphatic hydroxyl groups is 2. The van der Waals surface area contributed by atoms with Crippen molar-refractivity contribution in [3.05, 3.63) is 0 Å². The fourth-order valence-corrected chi connectivity index (χ4v) is 2.03. The Balaban J connectivity index is 2.67. The first-order valence-electron chi connectivity index (χ1n) is 6.13. The number of carbonyl (C=O) groups excluding carboxylic acids is 1. The molecule has 1 fully saturated rings. The summed E-state index contributed by atoms with van der Waals surface area (Å²) >= 11 is 0. The maximum atomic E-state index is 12.0. The van der Waals surface area contributed by atoms with E-state index in [-0.39, 0.29) is 12.6 Å². The van der Waals surface area contributed by atoms with Crippen molar-refractivity contribution in [2.24, 2.45) is 0 Å². The first-order chi connectivity index (χ1) is 7.85. The molecule has 0 aliphatic carbocycles. The summed E-state index contributed by atoms with van der Waals surface area (Å²) < 4.78 is 5.30. The van der Waals surface area contributed by atoms with Crippen LogP contribution in [0.25, 0.3) is 0 Å². The largest absolute Gasteiger partial charge is 0.444 e. The standard InChI is InChI=1S/C12H23NO4/c1-12(2,3)17-11(16)13-7-5-4-6-9(13)10(15)8-14/h9-10,14-15H,4-8H2,1-3H3/t9-,10?/m1/s1. The van der Waals surface area contributed by atoms with Crippen LogP contribution < -0.4 is 0 Å². The number of ether oxygens (including phenoxy) is 1. The lowest BCUT2D eigenvalue weighted by atomic mass is 9.98. The molecule has 17 heavy (non-hydrogen) atoms. The Morgan fingerprint density at radius 3 is 2.65 bits per heavy atom. The van der Waals surface area contributed by atoms with Crippen LogP contribution in [0, 0.1) is 0 Å². The zero-order chi connectivity index (χ0) is 13.1. The summed E-state index contributed by atoms with van der Waals surface area (Å²) in [6.45, 7) is 5.69. The number of aliphatic hydroxyl groups excluding tert-OH is 2. The fourth-order valence-electron chi connectivity index (χ4n) is 2.03. The molecule has 0 aromatic heterocycles. The topological polar surface area (TPSA) is 70.0 Å². The van der Waals surface area contributed by atoms with Crippen molar-refractivity contribution in [1.82, 2.24) is 4.90 Å². The Morgan fingerprint density at radius 1 is 1.47 bits per heavy atom. The van der Waals surface area contributed by atoms with Gasteiger partial charge in [-0.3, -0.25) is 0 Å². The lowest BCUT2D eigenvalue weighted by molar-refractivity contribution is -0.0290. The molecule has 1 saturated heterocycles. The van der Waals surface area contributed by atoms with Crippen LogP contribution in [0.15, 0.2) is 0 Å². The minimum absolute atomic E-state index is 0.329. The molecular weight excluding hydrogens is 222 g/mol. The van der Waals surface area contributed by atoms with Crippen LogP contribution in [-0.2, 0) is 4.74 Å². The normalized spacial score (nSPS) is 23.4. The summed E-state index contributed by atoms with van der Waals surface area (Å²) in [7, 11) is 0. The molecule has 0 bridgehead atoms. The second-order valence-electron chi connectivity index (χ2n) is 5.49. The Kier molecular flexibility index (Phi) is 4.77. The smallest absolute Gasteiger partial charge is 0.410 e. The summed E-state index contributed by atoms with van der Waals surface area (Å²) in [5.41, 5.74) is -0.538. The van der Waals surface area contributed by atoms with Crippen LogP contribution in [0.1, 0.15) is 40.0 Å². The van der Waals surface area contributed by atoms with E-state index >= 15 is 0 Å². The molecule has 0 radical (unpaired) electrons. The highest BCUT2D eigenvalue weighted by molar-refractivity contribution is 5.68. The quantitative estimate of drug-likeness (QED) is 0.765. The number of hydrogen-bond acceptors (Lipinski definition) is 4. The van der Waals surface area contributed by atoms with E-state index in [9.17, 15) is 9.90 Å². The molecule has 2 atom stereocenters. The van der Waals surface area contributed by atoms with E-state index in [4.69, 9.17) is 9.84 Å². The van der Waals surface area contributed by atoms with Crippen molar-refractivity contribution in [2.75, 3.05) is 13.2 Å². The van der Waals surface area contributed by atoms with Crippen LogP contribution in [0.4, 0.5) is 4.79 Å². The number of rotatable bonds is 2. The third kappa shape index (κ3) is 4.16. The van der Waals surface area contributed by atoms with Gasteiger partial charge in [0.1, 0.15) is 5.60 Å². The third-order valence-electron chi connectivity index (χ3n) is 2.81. The molecule has 5 nitrogen and oxygen atoms in total. The molecule has 2 N–H and O–H groups in total. The van der Waals surface area contributed by atoms with Crippen LogP contribution in [-0.4, -0.2) is 52.1 Å². The molecule has 0 aromatic rings. The van der Waals surface area contributed by atoms with Gasteiger partial charge in [-0.2, -0.15) is 0 Å². The molecule has 0 spiro atoms. The summed E-state index contributed by atoms with van der Waals surface area (Å²) in [5, 5.41) is 18.7. The Labute approximate surface area is 102 Å². The van der Waals surface area contributed by atoms with Crippen LogP contribution in [0.5, 0.6) is 0 Å². The first kappa shape index (κ1) is 14.3. The van der Waals surface area contributed by atoms with E-state index in [1.54, 1.807) is 0 Å². The number of carbonyl (C=O) groups is 1. The van der Waals surface area contributed by atoms with E-state index in [0.29, 0.717) is 13.0 Å². The van der Waals surface area contributed by atoms with Gasteiger partial charge in [0, 0.05) is 6.54 Å². The highest BCUT2D eigenvalue weighted by Gasteiger charge is 2.34. The fraction of sp³-hybridized carbons (Fsp3) is 0.917. The maximum absolute atomic E-state index is 12.0. The van der Waals surface area contributed by atoms with Gasteiger partial charge in [-0.25, -0.2) is 4.79 Å².